The third-order valence-corrected chi connectivity index (χ3v) is 7.53. The number of nitrogens with zero attached hydrogens (tertiary/aromatic N) is 2. The molecule has 190 valence electrons. The number of hydrogen-bond donors (Lipinski definition) is 0. The minimum atomic E-state index is -0.703. The number of aromatic nitrogens is 1. The standard InChI is InChI=1S/C27H23BrN2O6S/c1-4-10-34-18-8-6-16(7-9-18)24-23(26(32)33-5-2)15(3)29-27-30(24)25(31)22(37-27)12-17-11-20-21(13-19(17)28)36-14-35-20/h4,6-9,11-13,24H,1,5,10,14H2,2-3H3/b22-12-/t24-/m1/s1. The first-order valence-corrected chi connectivity index (χ1v) is 13.1. The van der Waals surface area contributed by atoms with Gasteiger partial charge in [0, 0.05) is 4.47 Å². The lowest BCUT2D eigenvalue weighted by Crippen LogP contribution is -2.39. The number of hydrogen-bond acceptors (Lipinski definition) is 8. The monoisotopic (exact) mass is 582 g/mol. The van der Waals surface area contributed by atoms with Gasteiger partial charge in [-0.1, -0.05) is 52.1 Å². The second kappa shape index (κ2) is 10.4. The molecule has 37 heavy (non-hydrogen) atoms. The zero-order valence-electron chi connectivity index (χ0n) is 20.2. The first-order chi connectivity index (χ1) is 17.9. The van der Waals surface area contributed by atoms with Gasteiger partial charge in [0.15, 0.2) is 16.3 Å². The number of allylic oxidation sites excluding steroid dienone is 1. The third kappa shape index (κ3) is 4.74. The minimum Gasteiger partial charge on any atom is -0.490 e. The Morgan fingerprint density at radius 3 is 2.70 bits per heavy atom. The lowest BCUT2D eigenvalue weighted by Gasteiger charge is -2.24. The van der Waals surface area contributed by atoms with Crippen LogP contribution in [-0.4, -0.2) is 30.5 Å². The van der Waals surface area contributed by atoms with Gasteiger partial charge >= 0.3 is 5.97 Å². The van der Waals surface area contributed by atoms with Crippen LogP contribution in [0.2, 0.25) is 0 Å². The quantitative estimate of drug-likeness (QED) is 0.310. The topological polar surface area (TPSA) is 88.4 Å². The molecule has 8 nitrogen and oxygen atoms in total. The van der Waals surface area contributed by atoms with Crippen molar-refractivity contribution in [1.29, 1.82) is 0 Å². The molecule has 2 aliphatic heterocycles. The van der Waals surface area contributed by atoms with Gasteiger partial charge in [-0.05, 0) is 55.3 Å². The number of ether oxygens (including phenoxy) is 4. The van der Waals surface area contributed by atoms with Crippen LogP contribution in [0.1, 0.15) is 31.0 Å². The van der Waals surface area contributed by atoms with Crippen molar-refractivity contribution in [1.82, 2.24) is 4.57 Å². The predicted molar refractivity (Wildman–Crippen MR) is 143 cm³/mol. The molecule has 0 fully saturated rings. The number of carbonyl (C=O) groups is 1. The molecule has 0 amide bonds. The second-order valence-electron chi connectivity index (χ2n) is 8.20. The van der Waals surface area contributed by atoms with E-state index in [9.17, 15) is 9.59 Å². The van der Waals surface area contributed by atoms with Crippen molar-refractivity contribution in [2.24, 2.45) is 4.99 Å². The fourth-order valence-electron chi connectivity index (χ4n) is 4.19. The number of rotatable bonds is 7. The SMILES string of the molecule is C=CCOc1ccc([C@@H]2C(C(=O)OCC)=C(C)N=c3s/c(=C\c4cc5c(cc4Br)OCO5)c(=O)n32)cc1. The van der Waals surface area contributed by atoms with Crippen LogP contribution in [0.15, 0.2) is 74.6 Å². The van der Waals surface area contributed by atoms with Gasteiger partial charge in [-0.2, -0.15) is 0 Å². The molecule has 3 heterocycles. The van der Waals surface area contributed by atoms with Crippen molar-refractivity contribution in [3.63, 3.8) is 0 Å². The first kappa shape index (κ1) is 25.0. The summed E-state index contributed by atoms with van der Waals surface area (Å²) in [5, 5.41) is 0. The van der Waals surface area contributed by atoms with E-state index < -0.39 is 12.0 Å². The van der Waals surface area contributed by atoms with Crippen LogP contribution in [-0.2, 0) is 9.53 Å². The normalized spacial score (nSPS) is 16.3. The largest absolute Gasteiger partial charge is 0.490 e. The van der Waals surface area contributed by atoms with Crippen LogP contribution in [0.5, 0.6) is 17.2 Å². The molecule has 5 rings (SSSR count). The molecule has 10 heteroatoms. The average molecular weight is 583 g/mol. The molecule has 0 saturated carbocycles. The molecular weight excluding hydrogens is 560 g/mol. The van der Waals surface area contributed by atoms with Gasteiger partial charge in [-0.3, -0.25) is 9.36 Å². The molecular formula is C27H23BrN2O6S. The number of benzene rings is 2. The Kier molecular flexibility index (Phi) is 7.03. The summed E-state index contributed by atoms with van der Waals surface area (Å²) in [4.78, 5) is 31.9. The zero-order valence-corrected chi connectivity index (χ0v) is 22.6. The summed E-state index contributed by atoms with van der Waals surface area (Å²) in [5.74, 6) is 1.40. The minimum absolute atomic E-state index is 0.154. The molecule has 2 aromatic carbocycles. The van der Waals surface area contributed by atoms with Crippen LogP contribution >= 0.6 is 27.3 Å². The molecule has 0 radical (unpaired) electrons. The predicted octanol–water partition coefficient (Wildman–Crippen LogP) is 3.85. The molecule has 0 saturated heterocycles. The fourth-order valence-corrected chi connectivity index (χ4v) is 5.67. The van der Waals surface area contributed by atoms with Gasteiger partial charge < -0.3 is 18.9 Å². The van der Waals surface area contributed by atoms with Crippen molar-refractivity contribution in [3.05, 3.63) is 95.6 Å². The fraction of sp³-hybridized carbons (Fsp3) is 0.222. The van der Waals surface area contributed by atoms with E-state index in [0.717, 1.165) is 15.6 Å². The average Bonchev–Trinajstić information content (AvgIpc) is 3.46. The summed E-state index contributed by atoms with van der Waals surface area (Å²) in [6.45, 7) is 7.90. The first-order valence-electron chi connectivity index (χ1n) is 11.5. The molecule has 0 N–H and O–H groups in total. The molecule has 1 atom stereocenters. The summed E-state index contributed by atoms with van der Waals surface area (Å²) in [5.41, 5.74) is 2.06. The van der Waals surface area contributed by atoms with Crippen molar-refractivity contribution in [2.75, 3.05) is 20.0 Å². The number of fused-ring (bicyclic) bond motifs is 2. The molecule has 1 aromatic heterocycles. The van der Waals surface area contributed by atoms with Gasteiger partial charge in [0.1, 0.15) is 12.4 Å². The highest BCUT2D eigenvalue weighted by Crippen LogP contribution is 2.37. The van der Waals surface area contributed by atoms with E-state index in [1.165, 1.54) is 11.3 Å². The van der Waals surface area contributed by atoms with Gasteiger partial charge in [0.2, 0.25) is 6.79 Å². The summed E-state index contributed by atoms with van der Waals surface area (Å²) in [6.07, 6.45) is 3.44. The van der Waals surface area contributed by atoms with Crippen molar-refractivity contribution in [3.8, 4) is 17.2 Å². The Balaban J connectivity index is 1.66. The molecule has 0 spiro atoms. The Hall–Kier alpha value is -3.63. The summed E-state index contributed by atoms with van der Waals surface area (Å²) >= 11 is 4.81. The highest BCUT2D eigenvalue weighted by molar-refractivity contribution is 9.10. The third-order valence-electron chi connectivity index (χ3n) is 5.86. The number of halogens is 1. The number of thiazole rings is 1. The zero-order chi connectivity index (χ0) is 26.1. The van der Waals surface area contributed by atoms with Gasteiger partial charge in [-0.15, -0.1) is 0 Å². The molecule has 0 aliphatic carbocycles. The Labute approximate surface area is 224 Å². The molecule has 2 aliphatic rings. The summed E-state index contributed by atoms with van der Waals surface area (Å²) < 4.78 is 24.7. The Morgan fingerprint density at radius 2 is 2.00 bits per heavy atom. The maximum absolute atomic E-state index is 13.8. The van der Waals surface area contributed by atoms with Gasteiger partial charge in [0.05, 0.1) is 28.5 Å². The lowest BCUT2D eigenvalue weighted by molar-refractivity contribution is -0.139. The van der Waals surface area contributed by atoms with E-state index in [-0.39, 0.29) is 19.0 Å². The maximum atomic E-state index is 13.8. The lowest BCUT2D eigenvalue weighted by atomic mass is 9.96. The van der Waals surface area contributed by atoms with E-state index in [4.69, 9.17) is 18.9 Å². The van der Waals surface area contributed by atoms with E-state index in [1.54, 1.807) is 42.7 Å². The van der Waals surface area contributed by atoms with Crippen molar-refractivity contribution in [2.45, 2.75) is 19.9 Å². The van der Waals surface area contributed by atoms with Crippen molar-refractivity contribution >= 4 is 39.3 Å². The Morgan fingerprint density at radius 1 is 1.27 bits per heavy atom. The van der Waals surface area contributed by atoms with E-state index >= 15 is 0 Å². The molecule has 3 aromatic rings. The van der Waals surface area contributed by atoms with Crippen LogP contribution in [0.25, 0.3) is 6.08 Å². The summed E-state index contributed by atoms with van der Waals surface area (Å²) in [6, 6.07) is 10.2. The summed E-state index contributed by atoms with van der Waals surface area (Å²) in [7, 11) is 0. The molecule has 0 unspecified atom stereocenters. The highest BCUT2D eigenvalue weighted by Gasteiger charge is 2.33. The van der Waals surface area contributed by atoms with Crippen LogP contribution < -0.4 is 29.1 Å². The van der Waals surface area contributed by atoms with E-state index in [2.05, 4.69) is 27.5 Å². The second-order valence-corrected chi connectivity index (χ2v) is 10.1. The van der Waals surface area contributed by atoms with Crippen LogP contribution in [0.3, 0.4) is 0 Å². The number of carbonyl (C=O) groups excluding carboxylic acids is 1. The smallest absolute Gasteiger partial charge is 0.338 e. The van der Waals surface area contributed by atoms with Gasteiger partial charge in [-0.25, -0.2) is 9.79 Å². The Bertz CT molecular complexity index is 1600. The highest BCUT2D eigenvalue weighted by atomic mass is 79.9. The van der Waals surface area contributed by atoms with E-state index in [0.29, 0.717) is 44.5 Å². The van der Waals surface area contributed by atoms with Crippen LogP contribution in [0.4, 0.5) is 0 Å². The van der Waals surface area contributed by atoms with Gasteiger partial charge in [0.25, 0.3) is 5.56 Å². The number of esters is 1. The van der Waals surface area contributed by atoms with Crippen LogP contribution in [0, 0.1) is 0 Å². The van der Waals surface area contributed by atoms with E-state index in [1.807, 2.05) is 24.3 Å². The van der Waals surface area contributed by atoms with Crippen molar-refractivity contribution < 1.29 is 23.7 Å². The maximum Gasteiger partial charge on any atom is 0.338 e. The molecule has 0 bridgehead atoms.